The molecule has 1 aromatic carbocycles. The maximum Gasteiger partial charge on any atom is 0.252 e. The molecule has 0 aliphatic rings. The zero-order chi connectivity index (χ0) is 15.6. The van der Waals surface area contributed by atoms with Gasteiger partial charge in [-0.25, -0.2) is 4.98 Å². The molecule has 21 heavy (non-hydrogen) atoms. The van der Waals surface area contributed by atoms with Crippen LogP contribution in [0.2, 0.25) is 0 Å². The molecule has 2 aromatic rings. The van der Waals surface area contributed by atoms with E-state index in [1.165, 1.54) is 11.3 Å². The molecule has 0 unspecified atom stereocenters. The van der Waals surface area contributed by atoms with E-state index in [0.29, 0.717) is 17.0 Å². The number of ether oxygens (including phenoxy) is 1. The summed E-state index contributed by atoms with van der Waals surface area (Å²) < 4.78 is 5.66. The van der Waals surface area contributed by atoms with Gasteiger partial charge in [0.25, 0.3) is 5.91 Å². The molecule has 1 amide bonds. The predicted molar refractivity (Wildman–Crippen MR) is 84.5 cm³/mol. The Morgan fingerprint density at radius 1 is 1.38 bits per heavy atom. The van der Waals surface area contributed by atoms with E-state index >= 15 is 0 Å². The number of hydrogen-bond donors (Lipinski definition) is 2. The number of thiazole rings is 1. The van der Waals surface area contributed by atoms with Gasteiger partial charge in [-0.2, -0.15) is 0 Å². The van der Waals surface area contributed by atoms with Crippen molar-refractivity contribution in [1.82, 2.24) is 4.98 Å². The van der Waals surface area contributed by atoms with E-state index in [1.807, 2.05) is 5.38 Å². The van der Waals surface area contributed by atoms with Gasteiger partial charge in [-0.1, -0.05) is 20.8 Å². The third kappa shape index (κ3) is 3.72. The largest absolute Gasteiger partial charge is 0.486 e. The quantitative estimate of drug-likeness (QED) is 0.850. The Bertz CT molecular complexity index is 659. The fraction of sp³-hybridized carbons (Fsp3) is 0.333. The second-order valence-corrected chi connectivity index (χ2v) is 6.73. The van der Waals surface area contributed by atoms with Crippen LogP contribution >= 0.6 is 11.3 Å². The summed E-state index contributed by atoms with van der Waals surface area (Å²) in [6.07, 6.45) is 0. The lowest BCUT2D eigenvalue weighted by atomic mass is 9.93. The minimum Gasteiger partial charge on any atom is -0.486 e. The first-order valence-electron chi connectivity index (χ1n) is 6.54. The van der Waals surface area contributed by atoms with Crippen LogP contribution in [0.4, 0.5) is 5.69 Å². The minimum absolute atomic E-state index is 0.00428. The molecule has 1 aromatic heterocycles. The molecule has 0 saturated heterocycles. The number of nitrogens with zero attached hydrogens (tertiary/aromatic N) is 1. The van der Waals surface area contributed by atoms with Crippen LogP contribution in [0.5, 0.6) is 5.75 Å². The van der Waals surface area contributed by atoms with Gasteiger partial charge in [0, 0.05) is 22.5 Å². The molecule has 112 valence electrons. The summed E-state index contributed by atoms with van der Waals surface area (Å²) in [5.41, 5.74) is 12.9. The van der Waals surface area contributed by atoms with Crippen molar-refractivity contribution in [3.63, 3.8) is 0 Å². The highest BCUT2D eigenvalue weighted by molar-refractivity contribution is 7.09. The number of hydrogen-bond acceptors (Lipinski definition) is 5. The lowest BCUT2D eigenvalue weighted by Crippen LogP contribution is -2.13. The molecule has 1 heterocycles. The van der Waals surface area contributed by atoms with Crippen LogP contribution < -0.4 is 16.2 Å². The lowest BCUT2D eigenvalue weighted by Gasteiger charge is -2.14. The van der Waals surface area contributed by atoms with Gasteiger partial charge in [-0.3, -0.25) is 4.79 Å². The van der Waals surface area contributed by atoms with Gasteiger partial charge in [0.2, 0.25) is 0 Å². The lowest BCUT2D eigenvalue weighted by molar-refractivity contribution is 0.0996. The molecule has 5 nitrogen and oxygen atoms in total. The van der Waals surface area contributed by atoms with Gasteiger partial charge < -0.3 is 16.2 Å². The molecule has 0 atom stereocenters. The molecule has 6 heteroatoms. The standard InChI is InChI=1S/C15H19N3O2S/c1-15(2,3)12-8-21-13(18-12)7-20-11-6-9(16)4-5-10(11)14(17)19/h4-6,8H,7,16H2,1-3H3,(H2,17,19). The second kappa shape index (κ2) is 5.73. The van der Waals surface area contributed by atoms with Gasteiger partial charge in [-0.05, 0) is 12.1 Å². The zero-order valence-corrected chi connectivity index (χ0v) is 13.2. The van der Waals surface area contributed by atoms with Crippen LogP contribution in [0.1, 0.15) is 41.8 Å². The number of carbonyl (C=O) groups excluding carboxylic acids is 1. The van der Waals surface area contributed by atoms with E-state index in [1.54, 1.807) is 18.2 Å². The van der Waals surface area contributed by atoms with Crippen molar-refractivity contribution < 1.29 is 9.53 Å². The first-order valence-corrected chi connectivity index (χ1v) is 7.42. The van der Waals surface area contributed by atoms with Crippen LogP contribution in [0.25, 0.3) is 0 Å². The Balaban J connectivity index is 2.15. The monoisotopic (exact) mass is 305 g/mol. The molecule has 0 spiro atoms. The molecule has 0 aliphatic carbocycles. The molecular formula is C15H19N3O2S. The minimum atomic E-state index is -0.542. The molecule has 0 aliphatic heterocycles. The highest BCUT2D eigenvalue weighted by atomic mass is 32.1. The van der Waals surface area contributed by atoms with Crippen LogP contribution in [0.3, 0.4) is 0 Å². The number of benzene rings is 1. The Kier molecular flexibility index (Phi) is 4.18. The van der Waals surface area contributed by atoms with Crippen molar-refractivity contribution >= 4 is 22.9 Å². The van der Waals surface area contributed by atoms with Crippen LogP contribution in [0.15, 0.2) is 23.6 Å². The van der Waals surface area contributed by atoms with E-state index in [9.17, 15) is 4.79 Å². The summed E-state index contributed by atoms with van der Waals surface area (Å²) >= 11 is 1.53. The number of anilines is 1. The maximum atomic E-state index is 11.4. The topological polar surface area (TPSA) is 91.2 Å². The smallest absolute Gasteiger partial charge is 0.252 e. The summed E-state index contributed by atoms with van der Waals surface area (Å²) in [5, 5.41) is 2.87. The van der Waals surface area contributed by atoms with Crippen LogP contribution in [0, 0.1) is 0 Å². The molecule has 0 fully saturated rings. The summed E-state index contributed by atoms with van der Waals surface area (Å²) in [7, 11) is 0. The average molecular weight is 305 g/mol. The highest BCUT2D eigenvalue weighted by Gasteiger charge is 2.18. The molecule has 0 bridgehead atoms. The summed E-state index contributed by atoms with van der Waals surface area (Å²) in [5.74, 6) is -0.158. The van der Waals surface area contributed by atoms with Crippen LogP contribution in [-0.2, 0) is 12.0 Å². The number of aromatic nitrogens is 1. The van der Waals surface area contributed by atoms with E-state index in [0.717, 1.165) is 10.7 Å². The zero-order valence-electron chi connectivity index (χ0n) is 12.3. The third-order valence-corrected chi connectivity index (χ3v) is 3.76. The molecule has 2 rings (SSSR count). The molecule has 0 saturated carbocycles. The van der Waals surface area contributed by atoms with Crippen molar-refractivity contribution in [3.8, 4) is 5.75 Å². The number of carbonyl (C=O) groups is 1. The fourth-order valence-electron chi connectivity index (χ4n) is 1.72. The summed E-state index contributed by atoms with van der Waals surface area (Å²) in [6, 6.07) is 4.78. The number of rotatable bonds is 4. The van der Waals surface area contributed by atoms with Gasteiger partial charge in [-0.15, -0.1) is 11.3 Å². The third-order valence-electron chi connectivity index (χ3n) is 2.94. The number of primary amides is 1. The Morgan fingerprint density at radius 2 is 2.10 bits per heavy atom. The van der Waals surface area contributed by atoms with Gasteiger partial charge in [0.1, 0.15) is 17.4 Å². The average Bonchev–Trinajstić information content (AvgIpc) is 2.84. The molecular weight excluding hydrogens is 286 g/mol. The Morgan fingerprint density at radius 3 is 2.67 bits per heavy atom. The van der Waals surface area contributed by atoms with Crippen LogP contribution in [-0.4, -0.2) is 10.9 Å². The van der Waals surface area contributed by atoms with Crippen molar-refractivity contribution in [2.45, 2.75) is 32.8 Å². The van der Waals surface area contributed by atoms with E-state index in [2.05, 4.69) is 25.8 Å². The van der Waals surface area contributed by atoms with Crippen molar-refractivity contribution in [2.24, 2.45) is 5.73 Å². The van der Waals surface area contributed by atoms with E-state index in [4.69, 9.17) is 16.2 Å². The SMILES string of the molecule is CC(C)(C)c1csc(COc2cc(N)ccc2C(N)=O)n1. The van der Waals surface area contributed by atoms with Crippen molar-refractivity contribution in [1.29, 1.82) is 0 Å². The maximum absolute atomic E-state index is 11.4. The van der Waals surface area contributed by atoms with Gasteiger partial charge in [0.05, 0.1) is 11.3 Å². The Labute approximate surface area is 127 Å². The first-order chi connectivity index (χ1) is 9.77. The van der Waals surface area contributed by atoms with E-state index < -0.39 is 5.91 Å². The normalized spacial score (nSPS) is 11.4. The van der Waals surface area contributed by atoms with Gasteiger partial charge >= 0.3 is 0 Å². The molecule has 0 radical (unpaired) electrons. The van der Waals surface area contributed by atoms with Crippen molar-refractivity contribution in [2.75, 3.05) is 5.73 Å². The fourth-order valence-corrected chi connectivity index (χ4v) is 2.66. The predicted octanol–water partition coefficient (Wildman–Crippen LogP) is 2.70. The summed E-state index contributed by atoms with van der Waals surface area (Å²) in [4.78, 5) is 15.9. The molecule has 4 N–H and O–H groups in total. The van der Waals surface area contributed by atoms with E-state index in [-0.39, 0.29) is 12.0 Å². The first kappa shape index (κ1) is 15.3. The van der Waals surface area contributed by atoms with Gasteiger partial charge in [0.15, 0.2) is 0 Å². The van der Waals surface area contributed by atoms with Crippen molar-refractivity contribution in [3.05, 3.63) is 39.8 Å². The second-order valence-electron chi connectivity index (χ2n) is 5.79. The Hall–Kier alpha value is -2.08. The number of nitrogen functional groups attached to an aromatic ring is 1. The number of amides is 1. The summed E-state index contributed by atoms with van der Waals surface area (Å²) in [6.45, 7) is 6.60. The highest BCUT2D eigenvalue weighted by Crippen LogP contribution is 2.26. The number of nitrogens with two attached hydrogens (primary N) is 2.